The van der Waals surface area contributed by atoms with Crippen molar-refractivity contribution >= 4 is 0 Å². The lowest BCUT2D eigenvalue weighted by molar-refractivity contribution is 0.174. The molecule has 0 saturated heterocycles. The second-order valence-electron chi connectivity index (χ2n) is 4.61. The van der Waals surface area contributed by atoms with Gasteiger partial charge in [-0.25, -0.2) is 0 Å². The Morgan fingerprint density at radius 2 is 1.45 bits per heavy atom. The number of fused-ring (bicyclic) bond motifs is 1. The standard InChI is InChI=1S/C14H6N4O2/c15-4-13(5-16)12(14(13,6-17)7-18)9-1-2-10-11(3-9)20-8-19-10/h1-3,12H,8H2. The molecule has 3 rings (SSSR count). The molecule has 1 heterocycles. The van der Waals surface area contributed by atoms with E-state index in [4.69, 9.17) is 9.47 Å². The molecule has 1 aliphatic carbocycles. The second kappa shape index (κ2) is 3.64. The van der Waals surface area contributed by atoms with Crippen LogP contribution in [0.2, 0.25) is 0 Å². The Morgan fingerprint density at radius 3 is 2.00 bits per heavy atom. The summed E-state index contributed by atoms with van der Waals surface area (Å²) < 4.78 is 10.4. The Labute approximate surface area is 114 Å². The molecule has 0 amide bonds. The Bertz CT molecular complexity index is 706. The highest BCUT2D eigenvalue weighted by atomic mass is 16.7. The van der Waals surface area contributed by atoms with Crippen molar-refractivity contribution in [3.8, 4) is 35.8 Å². The van der Waals surface area contributed by atoms with Gasteiger partial charge in [0.05, 0.1) is 30.2 Å². The quantitative estimate of drug-likeness (QED) is 0.758. The van der Waals surface area contributed by atoms with E-state index in [-0.39, 0.29) is 6.79 Å². The fourth-order valence-electron chi connectivity index (χ4n) is 2.73. The number of rotatable bonds is 1. The van der Waals surface area contributed by atoms with E-state index in [9.17, 15) is 21.0 Å². The number of ether oxygens (including phenoxy) is 2. The molecule has 0 aromatic heterocycles. The lowest BCUT2D eigenvalue weighted by Gasteiger charge is -2.01. The zero-order valence-corrected chi connectivity index (χ0v) is 10.1. The molecule has 1 saturated carbocycles. The van der Waals surface area contributed by atoms with E-state index in [1.807, 2.05) is 24.3 Å². The van der Waals surface area contributed by atoms with Gasteiger partial charge in [-0.3, -0.25) is 0 Å². The average Bonchev–Trinajstić information content (AvgIpc) is 2.80. The number of nitriles is 4. The van der Waals surface area contributed by atoms with Gasteiger partial charge in [0.1, 0.15) is 0 Å². The van der Waals surface area contributed by atoms with Crippen molar-refractivity contribution < 1.29 is 9.47 Å². The summed E-state index contributed by atoms with van der Waals surface area (Å²) >= 11 is 0. The molecule has 0 radical (unpaired) electrons. The number of hydrogen-bond donors (Lipinski definition) is 0. The fraction of sp³-hybridized carbons (Fsp3) is 0.286. The average molecular weight is 262 g/mol. The van der Waals surface area contributed by atoms with Crippen LogP contribution >= 0.6 is 0 Å². The molecule has 6 heteroatoms. The molecule has 0 unspecified atom stereocenters. The molecule has 0 spiro atoms. The van der Waals surface area contributed by atoms with E-state index in [0.29, 0.717) is 17.1 Å². The molecule has 1 aromatic rings. The summed E-state index contributed by atoms with van der Waals surface area (Å²) in [5.74, 6) is 0.284. The van der Waals surface area contributed by atoms with E-state index in [0.717, 1.165) is 0 Å². The topological polar surface area (TPSA) is 114 Å². The molecule has 1 fully saturated rings. The number of benzene rings is 1. The molecule has 0 N–H and O–H groups in total. The van der Waals surface area contributed by atoms with Crippen LogP contribution in [-0.2, 0) is 0 Å². The molecule has 0 atom stereocenters. The van der Waals surface area contributed by atoms with E-state index in [2.05, 4.69) is 0 Å². The predicted molar refractivity (Wildman–Crippen MR) is 62.6 cm³/mol. The number of hydrogen-bond acceptors (Lipinski definition) is 6. The summed E-state index contributed by atoms with van der Waals surface area (Å²) in [6.45, 7) is 0.104. The molecule has 6 nitrogen and oxygen atoms in total. The van der Waals surface area contributed by atoms with Crippen LogP contribution in [-0.4, -0.2) is 6.79 Å². The van der Waals surface area contributed by atoms with Crippen LogP contribution in [0.25, 0.3) is 0 Å². The van der Waals surface area contributed by atoms with Crippen molar-refractivity contribution in [2.75, 3.05) is 6.79 Å². The van der Waals surface area contributed by atoms with Gasteiger partial charge >= 0.3 is 0 Å². The first-order chi connectivity index (χ1) is 9.69. The third-order valence-corrected chi connectivity index (χ3v) is 3.84. The Morgan fingerprint density at radius 1 is 0.900 bits per heavy atom. The van der Waals surface area contributed by atoms with Crippen LogP contribution in [0.5, 0.6) is 11.5 Å². The van der Waals surface area contributed by atoms with E-state index < -0.39 is 16.7 Å². The smallest absolute Gasteiger partial charge is 0.231 e. The summed E-state index contributed by atoms with van der Waals surface area (Å²) in [6.07, 6.45) is 0. The van der Waals surface area contributed by atoms with E-state index >= 15 is 0 Å². The summed E-state index contributed by atoms with van der Waals surface area (Å²) in [5.41, 5.74) is -2.71. The first kappa shape index (κ1) is 11.8. The van der Waals surface area contributed by atoms with Crippen LogP contribution < -0.4 is 9.47 Å². The summed E-state index contributed by atoms with van der Waals surface area (Å²) in [7, 11) is 0. The van der Waals surface area contributed by atoms with Crippen LogP contribution in [0.3, 0.4) is 0 Å². The van der Waals surface area contributed by atoms with Crippen molar-refractivity contribution in [2.24, 2.45) is 10.8 Å². The third-order valence-electron chi connectivity index (χ3n) is 3.84. The van der Waals surface area contributed by atoms with Gasteiger partial charge in [-0.1, -0.05) is 6.07 Å². The highest BCUT2D eigenvalue weighted by Gasteiger charge is 2.82. The lowest BCUT2D eigenvalue weighted by Crippen LogP contribution is -2.05. The van der Waals surface area contributed by atoms with Crippen LogP contribution in [0.15, 0.2) is 18.2 Å². The molecule has 0 bridgehead atoms. The van der Waals surface area contributed by atoms with Crippen molar-refractivity contribution in [2.45, 2.75) is 5.92 Å². The second-order valence-corrected chi connectivity index (χ2v) is 4.61. The Hall–Kier alpha value is -3.22. The van der Waals surface area contributed by atoms with Crippen LogP contribution in [0.1, 0.15) is 11.5 Å². The van der Waals surface area contributed by atoms with E-state index in [1.165, 1.54) is 0 Å². The molecule has 2 aliphatic rings. The van der Waals surface area contributed by atoms with Crippen molar-refractivity contribution in [1.82, 2.24) is 0 Å². The summed E-state index contributed by atoms with van der Waals surface area (Å²) in [4.78, 5) is 0. The first-order valence-corrected chi connectivity index (χ1v) is 5.73. The normalized spacial score (nSPS) is 20.0. The Balaban J connectivity index is 2.13. The van der Waals surface area contributed by atoms with Gasteiger partial charge in [-0.2, -0.15) is 21.0 Å². The van der Waals surface area contributed by atoms with Crippen molar-refractivity contribution in [3.05, 3.63) is 23.8 Å². The molecular formula is C14H6N4O2. The molecule has 1 aliphatic heterocycles. The minimum absolute atomic E-state index is 0.104. The Kier molecular flexibility index (Phi) is 2.16. The minimum atomic E-state index is -1.63. The SMILES string of the molecule is N#CC1(C#N)C(c2ccc3c(c2)OCO3)C1(C#N)C#N. The van der Waals surface area contributed by atoms with Gasteiger partial charge in [0.2, 0.25) is 6.79 Å². The zero-order valence-electron chi connectivity index (χ0n) is 10.1. The van der Waals surface area contributed by atoms with Crippen molar-refractivity contribution in [3.63, 3.8) is 0 Å². The maximum Gasteiger partial charge on any atom is 0.231 e. The van der Waals surface area contributed by atoms with Gasteiger partial charge in [0, 0.05) is 0 Å². The zero-order chi connectivity index (χ0) is 14.4. The van der Waals surface area contributed by atoms with Crippen molar-refractivity contribution in [1.29, 1.82) is 21.0 Å². The minimum Gasteiger partial charge on any atom is -0.454 e. The highest BCUT2D eigenvalue weighted by Crippen LogP contribution is 2.73. The monoisotopic (exact) mass is 262 g/mol. The lowest BCUT2D eigenvalue weighted by atomic mass is 9.98. The van der Waals surface area contributed by atoms with E-state index in [1.54, 1.807) is 18.2 Å². The third kappa shape index (κ3) is 1.09. The van der Waals surface area contributed by atoms with Gasteiger partial charge in [0.15, 0.2) is 22.3 Å². The summed E-state index contributed by atoms with van der Waals surface area (Å²) in [6, 6.07) is 12.2. The summed E-state index contributed by atoms with van der Waals surface area (Å²) in [5, 5.41) is 37.0. The maximum absolute atomic E-state index is 9.25. The van der Waals surface area contributed by atoms with Crippen LogP contribution in [0, 0.1) is 56.2 Å². The first-order valence-electron chi connectivity index (χ1n) is 5.73. The highest BCUT2D eigenvalue weighted by molar-refractivity contribution is 5.60. The largest absolute Gasteiger partial charge is 0.454 e. The molecule has 20 heavy (non-hydrogen) atoms. The number of nitrogens with zero attached hydrogens (tertiary/aromatic N) is 4. The maximum atomic E-state index is 9.25. The molecule has 94 valence electrons. The van der Waals surface area contributed by atoms with Gasteiger partial charge in [-0.15, -0.1) is 0 Å². The van der Waals surface area contributed by atoms with Gasteiger partial charge in [-0.05, 0) is 17.7 Å². The molecular weight excluding hydrogens is 256 g/mol. The van der Waals surface area contributed by atoms with Gasteiger partial charge in [0.25, 0.3) is 0 Å². The predicted octanol–water partition coefficient (Wildman–Crippen LogP) is 1.58. The molecule has 1 aromatic carbocycles. The van der Waals surface area contributed by atoms with Crippen LogP contribution in [0.4, 0.5) is 0 Å². The fourth-order valence-corrected chi connectivity index (χ4v) is 2.73. The van der Waals surface area contributed by atoms with Gasteiger partial charge < -0.3 is 9.47 Å².